The van der Waals surface area contributed by atoms with E-state index in [4.69, 9.17) is 16.7 Å². The lowest BCUT2D eigenvalue weighted by molar-refractivity contribution is -0.142. The van der Waals surface area contributed by atoms with E-state index in [1.165, 1.54) is 36.7 Å². The number of pyridine rings is 1. The first-order valence-electron chi connectivity index (χ1n) is 9.45. The standard InChI is InChI=1S/C20H18ClFN4O5S/c21-11-6-13-14(8-25-18(13)24-7-11)17(27)12-2-1-3-15(16(12)22)26(10-32(23,30)31)9-20(4-5-20)19(28)29/h1-3,6-8H,4-5,9-10H2,(H,24,25)(H,28,29)(H2,23,30,31). The molecule has 1 saturated carbocycles. The quantitative estimate of drug-likeness (QED) is 0.420. The Hall–Kier alpha value is -3.02. The van der Waals surface area contributed by atoms with Gasteiger partial charge in [-0.3, -0.25) is 9.59 Å². The summed E-state index contributed by atoms with van der Waals surface area (Å²) in [6, 6.07) is 5.45. The zero-order valence-electron chi connectivity index (χ0n) is 16.5. The number of hydrogen-bond acceptors (Lipinski definition) is 6. The molecule has 3 aromatic rings. The van der Waals surface area contributed by atoms with Crippen molar-refractivity contribution in [1.29, 1.82) is 0 Å². The average molecular weight is 481 g/mol. The number of carbonyl (C=O) groups excluding carboxylic acids is 1. The number of carbonyl (C=O) groups is 2. The molecule has 0 radical (unpaired) electrons. The molecule has 32 heavy (non-hydrogen) atoms. The number of benzene rings is 1. The summed E-state index contributed by atoms with van der Waals surface area (Å²) in [6.45, 7) is -0.264. The predicted molar refractivity (Wildman–Crippen MR) is 116 cm³/mol. The molecule has 9 nitrogen and oxygen atoms in total. The number of nitrogens with two attached hydrogens (primary N) is 1. The number of nitrogens with zero attached hydrogens (tertiary/aromatic N) is 2. The first kappa shape index (κ1) is 22.2. The molecule has 1 fully saturated rings. The van der Waals surface area contributed by atoms with Crippen LogP contribution in [-0.4, -0.2) is 47.7 Å². The predicted octanol–water partition coefficient (Wildman–Crippen LogP) is 2.50. The SMILES string of the molecule is NS(=O)(=O)CN(CC1(C(=O)O)CC1)c1cccc(C(=O)c2c[nH]c3ncc(Cl)cc23)c1F. The maximum Gasteiger partial charge on any atom is 0.311 e. The second kappa shape index (κ2) is 7.84. The monoisotopic (exact) mass is 480 g/mol. The number of aromatic nitrogens is 2. The Morgan fingerprint density at radius 1 is 1.31 bits per heavy atom. The van der Waals surface area contributed by atoms with Crippen LogP contribution in [-0.2, 0) is 14.8 Å². The van der Waals surface area contributed by atoms with E-state index in [1.54, 1.807) is 0 Å². The third kappa shape index (κ3) is 4.18. The van der Waals surface area contributed by atoms with Gasteiger partial charge in [-0.05, 0) is 31.0 Å². The van der Waals surface area contributed by atoms with Gasteiger partial charge in [0.15, 0.2) is 11.6 Å². The van der Waals surface area contributed by atoms with Crippen molar-refractivity contribution in [3.63, 3.8) is 0 Å². The molecule has 1 aromatic carbocycles. The Bertz CT molecular complexity index is 1350. The van der Waals surface area contributed by atoms with E-state index in [1.807, 2.05) is 0 Å². The molecule has 0 atom stereocenters. The minimum absolute atomic E-state index is 0.133. The molecule has 0 saturated heterocycles. The van der Waals surface area contributed by atoms with Gasteiger partial charge in [0.1, 0.15) is 11.5 Å². The fraction of sp³-hybridized carbons (Fsp3) is 0.250. The zero-order chi connectivity index (χ0) is 23.3. The summed E-state index contributed by atoms with van der Waals surface area (Å²) < 4.78 is 39.0. The maximum absolute atomic E-state index is 15.5. The second-order valence-corrected chi connectivity index (χ2v) is 9.82. The highest BCUT2D eigenvalue weighted by atomic mass is 35.5. The fourth-order valence-corrected chi connectivity index (χ4v) is 4.45. The number of hydrogen-bond donors (Lipinski definition) is 3. The highest BCUT2D eigenvalue weighted by Gasteiger charge is 2.51. The molecular weight excluding hydrogens is 463 g/mol. The van der Waals surface area contributed by atoms with Gasteiger partial charge in [-0.15, -0.1) is 0 Å². The number of carboxylic acids is 1. The number of aliphatic carboxylic acids is 1. The highest BCUT2D eigenvalue weighted by molar-refractivity contribution is 7.89. The van der Waals surface area contributed by atoms with Gasteiger partial charge in [-0.2, -0.15) is 0 Å². The number of nitrogens with one attached hydrogen (secondary N) is 1. The summed E-state index contributed by atoms with van der Waals surface area (Å²) in [5.74, 6) is -3.56. The minimum Gasteiger partial charge on any atom is -0.481 e. The van der Waals surface area contributed by atoms with Gasteiger partial charge in [0.25, 0.3) is 0 Å². The summed E-state index contributed by atoms with van der Waals surface area (Å²) in [5, 5.41) is 15.3. The van der Waals surface area contributed by atoms with Crippen LogP contribution in [0.25, 0.3) is 11.0 Å². The third-order valence-corrected chi connectivity index (χ3v) is 6.32. The van der Waals surface area contributed by atoms with Gasteiger partial charge in [-0.25, -0.2) is 22.9 Å². The van der Waals surface area contributed by atoms with Crippen molar-refractivity contribution in [2.24, 2.45) is 10.6 Å². The molecule has 0 aliphatic heterocycles. The van der Waals surface area contributed by atoms with E-state index in [0.717, 1.165) is 4.90 Å². The third-order valence-electron chi connectivity index (χ3n) is 5.44. The van der Waals surface area contributed by atoms with Crippen molar-refractivity contribution in [1.82, 2.24) is 9.97 Å². The van der Waals surface area contributed by atoms with Gasteiger partial charge < -0.3 is 15.0 Å². The lowest BCUT2D eigenvalue weighted by Crippen LogP contribution is -2.40. The average Bonchev–Trinajstić information content (AvgIpc) is 3.38. The molecule has 4 rings (SSSR count). The Labute approximate surface area is 187 Å². The fourth-order valence-electron chi connectivity index (χ4n) is 3.62. The largest absolute Gasteiger partial charge is 0.481 e. The van der Waals surface area contributed by atoms with E-state index >= 15 is 4.39 Å². The molecule has 12 heteroatoms. The molecular formula is C20H18ClFN4O5S. The summed E-state index contributed by atoms with van der Waals surface area (Å²) >= 11 is 5.97. The summed E-state index contributed by atoms with van der Waals surface area (Å²) in [6.07, 6.45) is 3.44. The van der Waals surface area contributed by atoms with Crippen LogP contribution in [0.4, 0.5) is 10.1 Å². The first-order chi connectivity index (χ1) is 15.0. The molecule has 1 aliphatic carbocycles. The van der Waals surface area contributed by atoms with Crippen LogP contribution < -0.4 is 10.0 Å². The van der Waals surface area contributed by atoms with Crippen molar-refractivity contribution < 1.29 is 27.5 Å². The van der Waals surface area contributed by atoms with Crippen molar-refractivity contribution in [3.8, 4) is 0 Å². The van der Waals surface area contributed by atoms with Crippen molar-refractivity contribution in [2.75, 3.05) is 17.3 Å². The molecule has 1 aliphatic rings. The van der Waals surface area contributed by atoms with Crippen LogP contribution in [0, 0.1) is 11.2 Å². The molecule has 0 bridgehead atoms. The Morgan fingerprint density at radius 3 is 2.66 bits per heavy atom. The summed E-state index contributed by atoms with van der Waals surface area (Å²) in [5.41, 5.74) is -1.21. The van der Waals surface area contributed by atoms with Gasteiger partial charge in [0, 0.05) is 29.9 Å². The Kier molecular flexibility index (Phi) is 5.43. The number of sulfonamides is 1. The first-order valence-corrected chi connectivity index (χ1v) is 11.5. The number of ketones is 1. The molecule has 0 spiro atoms. The summed E-state index contributed by atoms with van der Waals surface area (Å²) in [4.78, 5) is 32.7. The lowest BCUT2D eigenvalue weighted by atomic mass is 10.0. The van der Waals surface area contributed by atoms with Crippen molar-refractivity contribution >= 4 is 50.1 Å². The van der Waals surface area contributed by atoms with Gasteiger partial charge in [-0.1, -0.05) is 17.7 Å². The van der Waals surface area contributed by atoms with Crippen molar-refractivity contribution in [3.05, 3.63) is 58.6 Å². The van der Waals surface area contributed by atoms with E-state index in [0.29, 0.717) is 28.9 Å². The van der Waals surface area contributed by atoms with Crippen LogP contribution in [0.15, 0.2) is 36.7 Å². The number of halogens is 2. The number of rotatable bonds is 8. The van der Waals surface area contributed by atoms with Gasteiger partial charge >= 0.3 is 5.97 Å². The maximum atomic E-state index is 15.5. The summed E-state index contributed by atoms with van der Waals surface area (Å²) in [7, 11) is -4.11. The Balaban J connectivity index is 1.76. The number of primary sulfonamides is 1. The lowest BCUT2D eigenvalue weighted by Gasteiger charge is -2.27. The minimum atomic E-state index is -4.11. The Morgan fingerprint density at radius 2 is 2.03 bits per heavy atom. The van der Waals surface area contributed by atoms with Crippen LogP contribution in [0.2, 0.25) is 5.02 Å². The van der Waals surface area contributed by atoms with Gasteiger partial charge in [0.2, 0.25) is 10.0 Å². The zero-order valence-corrected chi connectivity index (χ0v) is 18.1. The van der Waals surface area contributed by atoms with E-state index in [2.05, 4.69) is 9.97 Å². The van der Waals surface area contributed by atoms with E-state index < -0.39 is 38.9 Å². The number of H-pyrrole nitrogens is 1. The van der Waals surface area contributed by atoms with Crippen molar-refractivity contribution in [2.45, 2.75) is 12.8 Å². The van der Waals surface area contributed by atoms with Crippen LogP contribution in [0.5, 0.6) is 0 Å². The number of fused-ring (bicyclic) bond motifs is 1. The number of anilines is 1. The van der Waals surface area contributed by atoms with E-state index in [-0.39, 0.29) is 23.4 Å². The van der Waals surface area contributed by atoms with Crippen LogP contribution in [0.3, 0.4) is 0 Å². The second-order valence-electron chi connectivity index (χ2n) is 7.80. The number of aromatic amines is 1. The van der Waals surface area contributed by atoms with Crippen LogP contribution >= 0.6 is 11.6 Å². The molecule has 0 unspecified atom stereocenters. The normalized spacial score (nSPS) is 15.0. The number of carboxylic acid groups (broad SMARTS) is 1. The molecule has 2 aromatic heterocycles. The molecule has 4 N–H and O–H groups in total. The van der Waals surface area contributed by atoms with E-state index in [9.17, 15) is 23.1 Å². The topological polar surface area (TPSA) is 146 Å². The smallest absolute Gasteiger partial charge is 0.311 e. The molecule has 2 heterocycles. The van der Waals surface area contributed by atoms with Gasteiger partial charge in [0.05, 0.1) is 21.7 Å². The van der Waals surface area contributed by atoms with Crippen LogP contribution in [0.1, 0.15) is 28.8 Å². The molecule has 0 amide bonds. The molecule has 168 valence electrons. The highest BCUT2D eigenvalue weighted by Crippen LogP contribution is 2.47.